The predicted octanol–water partition coefficient (Wildman–Crippen LogP) is 2.36. The van der Waals surface area contributed by atoms with Crippen LogP contribution in [-0.2, 0) is 9.53 Å². The Kier molecular flexibility index (Phi) is 5.46. The van der Waals surface area contributed by atoms with Crippen LogP contribution in [0.15, 0.2) is 12.1 Å². The minimum absolute atomic E-state index is 0.168. The number of carbonyl (C=O) groups is 2. The fourth-order valence-electron chi connectivity index (χ4n) is 2.90. The second-order valence-electron chi connectivity index (χ2n) is 7.62. The highest BCUT2D eigenvalue weighted by Crippen LogP contribution is 2.35. The van der Waals surface area contributed by atoms with Gasteiger partial charge in [-0.2, -0.15) is 0 Å². The summed E-state index contributed by atoms with van der Waals surface area (Å²) in [5, 5.41) is 11.7. The number of hydrogen-bond donors (Lipinski definition) is 2. The average Bonchev–Trinajstić information content (AvgIpc) is 3.44. The molecule has 0 radical (unpaired) electrons. The molecule has 26 heavy (non-hydrogen) atoms. The number of pyridine rings is 1. The van der Waals surface area contributed by atoms with Crippen molar-refractivity contribution in [3.05, 3.63) is 23.4 Å². The van der Waals surface area contributed by atoms with E-state index in [0.717, 1.165) is 18.4 Å². The molecule has 1 aromatic rings. The molecule has 3 rings (SSSR count). The van der Waals surface area contributed by atoms with E-state index in [1.54, 1.807) is 6.07 Å². The first-order valence-electron chi connectivity index (χ1n) is 9.14. The van der Waals surface area contributed by atoms with Crippen LogP contribution in [0, 0.1) is 5.92 Å². The average molecular weight is 362 g/mol. The van der Waals surface area contributed by atoms with Gasteiger partial charge in [-0.05, 0) is 57.4 Å². The number of carbonyl (C=O) groups excluding carboxylic acids is 1. The molecule has 2 N–H and O–H groups in total. The highest BCUT2D eigenvalue weighted by molar-refractivity contribution is 5.96. The van der Waals surface area contributed by atoms with Crippen molar-refractivity contribution in [1.82, 2.24) is 10.3 Å². The minimum atomic E-state index is -1.37. The zero-order valence-corrected chi connectivity index (χ0v) is 15.3. The molecule has 1 aliphatic carbocycles. The zero-order chi connectivity index (χ0) is 18.7. The maximum absolute atomic E-state index is 12.4. The lowest BCUT2D eigenvalue weighted by Gasteiger charge is -2.25. The van der Waals surface area contributed by atoms with E-state index in [2.05, 4.69) is 10.3 Å². The SMILES string of the molecule is CC(C)(NC(=O)c1ccc(C2CCOCC2)c(OCC2CC2)n1)C(=O)O. The van der Waals surface area contributed by atoms with Crippen LogP contribution in [0.25, 0.3) is 0 Å². The van der Waals surface area contributed by atoms with Crippen LogP contribution in [0.1, 0.15) is 61.5 Å². The summed E-state index contributed by atoms with van der Waals surface area (Å²) in [4.78, 5) is 28.1. The second kappa shape index (κ2) is 7.61. The topological polar surface area (TPSA) is 97.8 Å². The Bertz CT molecular complexity index is 679. The van der Waals surface area contributed by atoms with Crippen molar-refractivity contribution in [2.24, 2.45) is 5.92 Å². The number of carboxylic acids is 1. The van der Waals surface area contributed by atoms with E-state index in [0.29, 0.717) is 37.5 Å². The molecule has 0 aromatic carbocycles. The molecule has 0 bridgehead atoms. The molecule has 2 heterocycles. The Morgan fingerprint density at radius 3 is 2.58 bits per heavy atom. The van der Waals surface area contributed by atoms with Crippen LogP contribution in [0.3, 0.4) is 0 Å². The first-order chi connectivity index (χ1) is 12.4. The third-order valence-corrected chi connectivity index (χ3v) is 4.90. The van der Waals surface area contributed by atoms with Crippen molar-refractivity contribution < 1.29 is 24.2 Å². The molecule has 1 saturated carbocycles. The Hall–Kier alpha value is -2.15. The molecule has 0 unspecified atom stereocenters. The van der Waals surface area contributed by atoms with Crippen molar-refractivity contribution in [3.63, 3.8) is 0 Å². The van der Waals surface area contributed by atoms with Crippen LogP contribution in [-0.4, -0.2) is 47.3 Å². The quantitative estimate of drug-likeness (QED) is 0.773. The number of aromatic nitrogens is 1. The normalized spacial score (nSPS) is 18.4. The van der Waals surface area contributed by atoms with Crippen LogP contribution in [0.4, 0.5) is 0 Å². The van der Waals surface area contributed by atoms with Gasteiger partial charge in [-0.15, -0.1) is 0 Å². The summed E-state index contributed by atoms with van der Waals surface area (Å²) < 4.78 is 11.4. The first-order valence-corrected chi connectivity index (χ1v) is 9.14. The van der Waals surface area contributed by atoms with E-state index in [1.165, 1.54) is 26.7 Å². The lowest BCUT2D eigenvalue weighted by atomic mass is 9.92. The van der Waals surface area contributed by atoms with E-state index in [-0.39, 0.29) is 5.69 Å². The maximum atomic E-state index is 12.4. The molecule has 142 valence electrons. The van der Waals surface area contributed by atoms with Gasteiger partial charge in [-0.25, -0.2) is 9.78 Å². The van der Waals surface area contributed by atoms with Crippen LogP contribution in [0.2, 0.25) is 0 Å². The standard InChI is InChI=1S/C19H26N2O5/c1-19(2,18(23)24)21-16(22)15-6-5-14(13-7-9-25-10-8-13)17(20-15)26-11-12-3-4-12/h5-6,12-13H,3-4,7-11H2,1-2H3,(H,21,22)(H,23,24). The van der Waals surface area contributed by atoms with Gasteiger partial charge in [0, 0.05) is 18.8 Å². The summed E-state index contributed by atoms with van der Waals surface area (Å²) in [6.45, 7) is 4.90. The Labute approximate surface area is 153 Å². The Morgan fingerprint density at radius 2 is 1.96 bits per heavy atom. The number of nitrogens with one attached hydrogen (secondary N) is 1. The molecule has 2 aliphatic rings. The molecule has 1 aromatic heterocycles. The van der Waals surface area contributed by atoms with Crippen LogP contribution < -0.4 is 10.1 Å². The number of aliphatic carboxylic acids is 1. The summed E-state index contributed by atoms with van der Waals surface area (Å²) >= 11 is 0. The Morgan fingerprint density at radius 1 is 1.27 bits per heavy atom. The van der Waals surface area contributed by atoms with Crippen molar-refractivity contribution in [2.75, 3.05) is 19.8 Å². The number of ether oxygens (including phenoxy) is 2. The molecule has 0 spiro atoms. The molecule has 1 amide bonds. The lowest BCUT2D eigenvalue weighted by Crippen LogP contribution is -2.49. The van der Waals surface area contributed by atoms with Gasteiger partial charge in [0.25, 0.3) is 5.91 Å². The highest BCUT2D eigenvalue weighted by atomic mass is 16.5. The molecule has 7 heteroatoms. The van der Waals surface area contributed by atoms with Crippen molar-refractivity contribution in [3.8, 4) is 5.88 Å². The second-order valence-corrected chi connectivity index (χ2v) is 7.62. The number of hydrogen-bond acceptors (Lipinski definition) is 5. The van der Waals surface area contributed by atoms with Gasteiger partial charge in [-0.1, -0.05) is 6.07 Å². The van der Waals surface area contributed by atoms with E-state index in [4.69, 9.17) is 9.47 Å². The molecule has 0 atom stereocenters. The summed E-state index contributed by atoms with van der Waals surface area (Å²) in [6.07, 6.45) is 4.14. The summed E-state index contributed by atoms with van der Waals surface area (Å²) in [5.41, 5.74) is -0.198. The summed E-state index contributed by atoms with van der Waals surface area (Å²) in [5.74, 6) is -0.257. The zero-order valence-electron chi connectivity index (χ0n) is 15.3. The molecular formula is C19H26N2O5. The van der Waals surface area contributed by atoms with E-state index in [9.17, 15) is 14.7 Å². The molecule has 7 nitrogen and oxygen atoms in total. The summed E-state index contributed by atoms with van der Waals surface area (Å²) in [7, 11) is 0. The van der Waals surface area contributed by atoms with Crippen molar-refractivity contribution in [2.45, 2.75) is 51.0 Å². The fourth-order valence-corrected chi connectivity index (χ4v) is 2.90. The van der Waals surface area contributed by atoms with Gasteiger partial charge >= 0.3 is 5.97 Å². The van der Waals surface area contributed by atoms with E-state index in [1.807, 2.05) is 6.07 Å². The lowest BCUT2D eigenvalue weighted by molar-refractivity contribution is -0.143. The van der Waals surface area contributed by atoms with Gasteiger partial charge in [0.15, 0.2) is 0 Å². The van der Waals surface area contributed by atoms with Crippen molar-refractivity contribution >= 4 is 11.9 Å². The third-order valence-electron chi connectivity index (χ3n) is 4.90. The maximum Gasteiger partial charge on any atom is 0.328 e. The number of nitrogens with zero attached hydrogens (tertiary/aromatic N) is 1. The van der Waals surface area contributed by atoms with Crippen LogP contribution in [0.5, 0.6) is 5.88 Å². The largest absolute Gasteiger partial charge is 0.480 e. The van der Waals surface area contributed by atoms with Gasteiger partial charge < -0.3 is 19.9 Å². The molecule has 1 aliphatic heterocycles. The number of carboxylic acid groups (broad SMARTS) is 1. The van der Waals surface area contributed by atoms with Gasteiger partial charge in [-0.3, -0.25) is 4.79 Å². The molecule has 1 saturated heterocycles. The first kappa shape index (κ1) is 18.6. The third kappa shape index (κ3) is 4.52. The van der Waals surface area contributed by atoms with Gasteiger partial charge in [0.2, 0.25) is 5.88 Å². The monoisotopic (exact) mass is 362 g/mol. The summed E-state index contributed by atoms with van der Waals surface area (Å²) in [6, 6.07) is 3.52. The smallest absolute Gasteiger partial charge is 0.328 e. The highest BCUT2D eigenvalue weighted by Gasteiger charge is 2.31. The molecule has 2 fully saturated rings. The Balaban J connectivity index is 1.80. The predicted molar refractivity (Wildman–Crippen MR) is 94.4 cm³/mol. The number of amides is 1. The van der Waals surface area contributed by atoms with E-state index >= 15 is 0 Å². The molecular weight excluding hydrogens is 336 g/mol. The van der Waals surface area contributed by atoms with Gasteiger partial charge in [0.05, 0.1) is 6.61 Å². The fraction of sp³-hybridized carbons (Fsp3) is 0.632. The van der Waals surface area contributed by atoms with E-state index < -0.39 is 17.4 Å². The van der Waals surface area contributed by atoms with Gasteiger partial charge in [0.1, 0.15) is 11.2 Å². The van der Waals surface area contributed by atoms with Crippen LogP contribution >= 0.6 is 0 Å². The minimum Gasteiger partial charge on any atom is -0.480 e. The number of rotatable bonds is 7. The van der Waals surface area contributed by atoms with Crippen molar-refractivity contribution in [1.29, 1.82) is 0 Å².